The van der Waals surface area contributed by atoms with Crippen molar-refractivity contribution in [2.75, 3.05) is 0 Å². The maximum atomic E-state index is 5.61. The molecule has 1 unspecified atom stereocenters. The molecule has 9 aromatic rings. The predicted octanol–water partition coefficient (Wildman–Crippen LogP) is 12.8. The van der Waals surface area contributed by atoms with E-state index in [1.54, 1.807) is 0 Å². The summed E-state index contributed by atoms with van der Waals surface area (Å²) in [4.78, 5) is 5.61. The van der Waals surface area contributed by atoms with E-state index in [2.05, 4.69) is 181 Å². The number of benzene rings is 7. The standard InChI is InChI=1S/C50H34N2/c1-31-35-22-11-12-27-42(35)51-50(45(31)33-18-7-3-8-19-33)41-30-40(32-16-5-2-6-17-32)47-39-26-15-29-44-49(39)48-37(36-23-13-24-38(41)46(36)47)25-14-28-43(48)52(44)34-20-9-4-10-21-34/h2-29,41H,30H2,1H3. The van der Waals surface area contributed by atoms with E-state index in [4.69, 9.17) is 4.98 Å². The van der Waals surface area contributed by atoms with E-state index in [1.807, 2.05) is 0 Å². The number of hydrogen-bond donors (Lipinski definition) is 0. The van der Waals surface area contributed by atoms with Gasteiger partial charge in [0, 0.05) is 33.3 Å². The first kappa shape index (κ1) is 29.2. The van der Waals surface area contributed by atoms with E-state index in [0.717, 1.165) is 17.6 Å². The summed E-state index contributed by atoms with van der Waals surface area (Å²) in [7, 11) is 0. The van der Waals surface area contributed by atoms with Crippen molar-refractivity contribution in [2.24, 2.45) is 0 Å². The van der Waals surface area contributed by atoms with Crippen molar-refractivity contribution in [3.63, 3.8) is 0 Å². The number of rotatable bonds is 4. The van der Waals surface area contributed by atoms with Crippen LogP contribution in [0.5, 0.6) is 0 Å². The van der Waals surface area contributed by atoms with E-state index < -0.39 is 0 Å². The molecule has 0 radical (unpaired) electrons. The molecule has 2 aromatic heterocycles. The smallest absolute Gasteiger partial charge is 0.0708 e. The number of para-hydroxylation sites is 2. The minimum Gasteiger partial charge on any atom is -0.309 e. The van der Waals surface area contributed by atoms with Crippen LogP contribution in [0.1, 0.15) is 45.8 Å². The topological polar surface area (TPSA) is 17.8 Å². The van der Waals surface area contributed by atoms with Crippen LogP contribution in [-0.2, 0) is 0 Å². The molecule has 7 aromatic carbocycles. The van der Waals surface area contributed by atoms with Crippen LogP contribution in [0.4, 0.5) is 0 Å². The van der Waals surface area contributed by atoms with Gasteiger partial charge in [-0.2, -0.15) is 0 Å². The summed E-state index contributed by atoms with van der Waals surface area (Å²) in [6.45, 7) is 2.28. The van der Waals surface area contributed by atoms with Crippen LogP contribution in [0, 0.1) is 6.92 Å². The van der Waals surface area contributed by atoms with Gasteiger partial charge in [0.2, 0.25) is 0 Å². The molecular formula is C50H34N2. The molecule has 1 atom stereocenters. The largest absolute Gasteiger partial charge is 0.309 e. The lowest BCUT2D eigenvalue weighted by molar-refractivity contribution is 0.801. The molecule has 244 valence electrons. The first-order valence-electron chi connectivity index (χ1n) is 18.2. The Hall–Kier alpha value is -6.51. The minimum absolute atomic E-state index is 0.0486. The predicted molar refractivity (Wildman–Crippen MR) is 217 cm³/mol. The average molecular weight is 663 g/mol. The van der Waals surface area contributed by atoms with E-state index in [9.17, 15) is 0 Å². The van der Waals surface area contributed by atoms with Crippen LogP contribution in [-0.4, -0.2) is 9.55 Å². The lowest BCUT2D eigenvalue weighted by atomic mass is 9.70. The van der Waals surface area contributed by atoms with E-state index in [0.29, 0.717) is 0 Å². The quantitative estimate of drug-likeness (QED) is 0.183. The second kappa shape index (κ2) is 11.2. The molecule has 0 fully saturated rings. The van der Waals surface area contributed by atoms with Gasteiger partial charge in [-0.15, -0.1) is 0 Å². The fourth-order valence-electron chi connectivity index (χ4n) is 9.39. The molecule has 2 nitrogen and oxygen atoms in total. The monoisotopic (exact) mass is 662 g/mol. The third kappa shape index (κ3) is 4.09. The molecule has 0 amide bonds. The molecule has 2 aliphatic carbocycles. The molecule has 0 saturated carbocycles. The second-order valence-electron chi connectivity index (χ2n) is 14.2. The molecule has 0 aliphatic heterocycles. The van der Waals surface area contributed by atoms with Gasteiger partial charge in [0.1, 0.15) is 0 Å². The van der Waals surface area contributed by atoms with Crippen LogP contribution >= 0.6 is 0 Å². The molecule has 2 heteroatoms. The number of fused-ring (bicyclic) bond motifs is 3. The summed E-state index contributed by atoms with van der Waals surface area (Å²) in [5.74, 6) is 0.0486. The van der Waals surface area contributed by atoms with Crippen molar-refractivity contribution >= 4 is 43.9 Å². The Morgan fingerprint density at radius 3 is 1.87 bits per heavy atom. The fourth-order valence-corrected chi connectivity index (χ4v) is 9.39. The molecule has 11 rings (SSSR count). The third-order valence-corrected chi connectivity index (χ3v) is 11.5. The molecule has 52 heavy (non-hydrogen) atoms. The summed E-state index contributed by atoms with van der Waals surface area (Å²) in [5, 5.41) is 3.85. The fraction of sp³-hybridized carbons (Fsp3) is 0.0600. The van der Waals surface area contributed by atoms with Crippen molar-refractivity contribution in [2.45, 2.75) is 19.3 Å². The summed E-state index contributed by atoms with van der Waals surface area (Å²) >= 11 is 0. The highest BCUT2D eigenvalue weighted by Gasteiger charge is 2.37. The summed E-state index contributed by atoms with van der Waals surface area (Å²) in [6, 6.07) is 62.3. The highest BCUT2D eigenvalue weighted by molar-refractivity contribution is 6.25. The van der Waals surface area contributed by atoms with Gasteiger partial charge in [0.15, 0.2) is 0 Å². The summed E-state index contributed by atoms with van der Waals surface area (Å²) in [5.41, 5.74) is 20.2. The number of pyridine rings is 1. The van der Waals surface area contributed by atoms with Gasteiger partial charge in [0.05, 0.1) is 22.2 Å². The molecule has 2 aliphatic rings. The third-order valence-electron chi connectivity index (χ3n) is 11.5. The Balaban J connectivity index is 1.29. The van der Waals surface area contributed by atoms with Crippen LogP contribution in [0.25, 0.3) is 71.8 Å². The number of aromatic nitrogens is 2. The van der Waals surface area contributed by atoms with Gasteiger partial charge < -0.3 is 4.57 Å². The molecule has 0 saturated heterocycles. The molecule has 2 heterocycles. The molecule has 0 spiro atoms. The van der Waals surface area contributed by atoms with E-state index in [-0.39, 0.29) is 5.92 Å². The highest BCUT2D eigenvalue weighted by Crippen LogP contribution is 2.56. The summed E-state index contributed by atoms with van der Waals surface area (Å²) in [6.07, 6.45) is 0.843. The van der Waals surface area contributed by atoms with Crippen LogP contribution in [0.15, 0.2) is 170 Å². The highest BCUT2D eigenvalue weighted by atomic mass is 15.0. The zero-order chi connectivity index (χ0) is 34.3. The van der Waals surface area contributed by atoms with Crippen LogP contribution < -0.4 is 0 Å². The lowest BCUT2D eigenvalue weighted by Gasteiger charge is -2.33. The van der Waals surface area contributed by atoms with Gasteiger partial charge in [-0.25, -0.2) is 0 Å². The van der Waals surface area contributed by atoms with Gasteiger partial charge in [-0.3, -0.25) is 4.98 Å². The Morgan fingerprint density at radius 1 is 0.519 bits per heavy atom. The van der Waals surface area contributed by atoms with E-state index >= 15 is 0 Å². The number of nitrogens with zero attached hydrogens (tertiary/aromatic N) is 2. The maximum absolute atomic E-state index is 5.61. The van der Waals surface area contributed by atoms with Crippen LogP contribution in [0.3, 0.4) is 0 Å². The van der Waals surface area contributed by atoms with Crippen molar-refractivity contribution in [1.82, 2.24) is 9.55 Å². The first-order chi connectivity index (χ1) is 25.8. The van der Waals surface area contributed by atoms with Crippen molar-refractivity contribution in [1.29, 1.82) is 0 Å². The number of hydrogen-bond acceptors (Lipinski definition) is 1. The zero-order valence-electron chi connectivity index (χ0n) is 28.8. The lowest BCUT2D eigenvalue weighted by Crippen LogP contribution is -2.16. The number of aryl methyl sites for hydroxylation is 1. The van der Waals surface area contributed by atoms with E-state index in [1.165, 1.54) is 94.1 Å². The van der Waals surface area contributed by atoms with Gasteiger partial charge >= 0.3 is 0 Å². The Kier molecular flexibility index (Phi) is 6.33. The maximum Gasteiger partial charge on any atom is 0.0708 e. The van der Waals surface area contributed by atoms with Crippen molar-refractivity contribution < 1.29 is 0 Å². The Morgan fingerprint density at radius 2 is 1.12 bits per heavy atom. The van der Waals surface area contributed by atoms with Crippen LogP contribution in [0.2, 0.25) is 0 Å². The Labute approximate surface area is 303 Å². The molecular weight excluding hydrogens is 629 g/mol. The summed E-state index contributed by atoms with van der Waals surface area (Å²) < 4.78 is 2.45. The van der Waals surface area contributed by atoms with Crippen molar-refractivity contribution in [3.05, 3.63) is 203 Å². The molecule has 0 bridgehead atoms. The first-order valence-corrected chi connectivity index (χ1v) is 18.2. The molecule has 0 N–H and O–H groups in total. The van der Waals surface area contributed by atoms with Gasteiger partial charge in [-0.05, 0) is 99.3 Å². The SMILES string of the molecule is Cc1c(-c2ccccc2)c(C2CC(c3ccccc3)=C3c4c(cccc42)-c2cccc4c2c2c3cccc2n4-c2ccccc2)nc2ccccc12. The van der Waals surface area contributed by atoms with Gasteiger partial charge in [-0.1, -0.05) is 140 Å². The Bertz CT molecular complexity index is 2910. The zero-order valence-corrected chi connectivity index (χ0v) is 28.8. The average Bonchev–Trinajstić information content (AvgIpc) is 3.49. The minimum atomic E-state index is 0.0486. The normalized spacial score (nSPS) is 14.7. The second-order valence-corrected chi connectivity index (χ2v) is 14.2. The number of allylic oxidation sites excluding steroid dienone is 1. The van der Waals surface area contributed by atoms with Crippen molar-refractivity contribution in [3.8, 4) is 27.9 Å². The van der Waals surface area contributed by atoms with Gasteiger partial charge in [0.25, 0.3) is 0 Å².